The van der Waals surface area contributed by atoms with E-state index in [1.807, 2.05) is 30.3 Å². The Balaban J connectivity index is 2.13. The molecule has 0 atom stereocenters. The minimum absolute atomic E-state index is 0.0699. The van der Waals surface area contributed by atoms with Crippen LogP contribution in [-0.2, 0) is 11.3 Å². The maximum absolute atomic E-state index is 12.3. The molecular formula is C18H14ClNO2. The number of benzene rings is 2. The summed E-state index contributed by atoms with van der Waals surface area (Å²) < 4.78 is 0. The number of hydrogen-bond acceptors (Lipinski definition) is 2. The van der Waals surface area contributed by atoms with Crippen LogP contribution < -0.4 is 0 Å². The van der Waals surface area contributed by atoms with Crippen molar-refractivity contribution in [3.8, 4) is 12.3 Å². The molecule has 0 aliphatic heterocycles. The van der Waals surface area contributed by atoms with E-state index in [4.69, 9.17) is 18.0 Å². The van der Waals surface area contributed by atoms with Crippen molar-refractivity contribution in [2.75, 3.05) is 6.54 Å². The van der Waals surface area contributed by atoms with Crippen molar-refractivity contribution in [1.82, 2.24) is 4.90 Å². The van der Waals surface area contributed by atoms with E-state index >= 15 is 0 Å². The van der Waals surface area contributed by atoms with Gasteiger partial charge in [-0.2, -0.15) is 0 Å². The highest BCUT2D eigenvalue weighted by atomic mass is 35.5. The average molecular weight is 312 g/mol. The van der Waals surface area contributed by atoms with E-state index in [1.54, 1.807) is 24.3 Å². The Morgan fingerprint density at radius 2 is 1.68 bits per heavy atom. The molecule has 0 N–H and O–H groups in total. The lowest BCUT2D eigenvalue weighted by molar-refractivity contribution is -0.125. The lowest BCUT2D eigenvalue weighted by Crippen LogP contribution is -2.34. The number of nitrogens with zero attached hydrogens (tertiary/aromatic N) is 1. The van der Waals surface area contributed by atoms with Gasteiger partial charge in [-0.3, -0.25) is 9.59 Å². The van der Waals surface area contributed by atoms with Gasteiger partial charge < -0.3 is 4.90 Å². The molecule has 0 saturated heterocycles. The highest BCUT2D eigenvalue weighted by molar-refractivity contribution is 6.30. The Labute approximate surface area is 134 Å². The lowest BCUT2D eigenvalue weighted by Gasteiger charge is -2.19. The quantitative estimate of drug-likeness (QED) is 0.628. The van der Waals surface area contributed by atoms with E-state index in [-0.39, 0.29) is 12.3 Å². The van der Waals surface area contributed by atoms with E-state index in [9.17, 15) is 9.59 Å². The molecule has 2 aromatic rings. The van der Waals surface area contributed by atoms with Crippen molar-refractivity contribution < 1.29 is 9.59 Å². The third-order valence-corrected chi connectivity index (χ3v) is 3.38. The fraction of sp³-hybridized carbons (Fsp3) is 0.111. The Bertz CT molecular complexity index is 702. The third-order valence-electron chi connectivity index (χ3n) is 3.13. The van der Waals surface area contributed by atoms with Crippen molar-refractivity contribution in [2.24, 2.45) is 0 Å². The Kier molecular flexibility index (Phi) is 5.35. The van der Waals surface area contributed by atoms with Crippen LogP contribution in [0.3, 0.4) is 0 Å². The number of ketones is 1. The normalized spacial score (nSPS) is 9.82. The first kappa shape index (κ1) is 15.8. The summed E-state index contributed by atoms with van der Waals surface area (Å²) in [7, 11) is 0. The highest BCUT2D eigenvalue weighted by Crippen LogP contribution is 2.12. The second-order valence-corrected chi connectivity index (χ2v) is 5.16. The number of terminal acetylenes is 1. The Morgan fingerprint density at radius 3 is 2.27 bits per heavy atom. The molecule has 110 valence electrons. The smallest absolute Gasteiger partial charge is 0.298 e. The maximum Gasteiger partial charge on any atom is 0.298 e. The van der Waals surface area contributed by atoms with Gasteiger partial charge in [0.05, 0.1) is 6.54 Å². The van der Waals surface area contributed by atoms with Crippen molar-refractivity contribution in [3.63, 3.8) is 0 Å². The fourth-order valence-electron chi connectivity index (χ4n) is 2.00. The van der Waals surface area contributed by atoms with E-state index in [1.165, 1.54) is 4.90 Å². The zero-order valence-electron chi connectivity index (χ0n) is 11.8. The summed E-state index contributed by atoms with van der Waals surface area (Å²) in [6, 6.07) is 15.9. The standard InChI is InChI=1S/C18H14ClNO2/c1-2-18(22)20(12-14-6-4-3-5-7-14)13-17(21)15-8-10-16(19)11-9-15/h1,3-11H,12-13H2. The van der Waals surface area contributed by atoms with Gasteiger partial charge in [0.15, 0.2) is 5.78 Å². The molecule has 2 aromatic carbocycles. The van der Waals surface area contributed by atoms with Crippen LogP contribution in [0.4, 0.5) is 0 Å². The number of hydrogen-bond donors (Lipinski definition) is 0. The van der Waals surface area contributed by atoms with Crippen LogP contribution in [0.1, 0.15) is 15.9 Å². The number of carbonyl (C=O) groups excluding carboxylic acids is 2. The molecule has 0 bridgehead atoms. The zero-order valence-corrected chi connectivity index (χ0v) is 12.6. The summed E-state index contributed by atoms with van der Waals surface area (Å²) in [4.78, 5) is 25.5. The summed E-state index contributed by atoms with van der Waals surface area (Å²) in [6.07, 6.45) is 5.19. The molecule has 0 aromatic heterocycles. The van der Waals surface area contributed by atoms with Gasteiger partial charge >= 0.3 is 0 Å². The number of rotatable bonds is 5. The van der Waals surface area contributed by atoms with Gasteiger partial charge in [-0.05, 0) is 35.7 Å². The van der Waals surface area contributed by atoms with Crippen molar-refractivity contribution >= 4 is 23.3 Å². The van der Waals surface area contributed by atoms with E-state index in [0.717, 1.165) is 5.56 Å². The highest BCUT2D eigenvalue weighted by Gasteiger charge is 2.17. The molecule has 0 saturated carbocycles. The second kappa shape index (κ2) is 7.44. The van der Waals surface area contributed by atoms with Gasteiger partial charge in [0.2, 0.25) is 0 Å². The molecular weight excluding hydrogens is 298 g/mol. The van der Waals surface area contributed by atoms with Gasteiger partial charge in [0.1, 0.15) is 0 Å². The van der Waals surface area contributed by atoms with E-state index < -0.39 is 5.91 Å². The minimum Gasteiger partial charge on any atom is -0.320 e. The zero-order chi connectivity index (χ0) is 15.9. The van der Waals surface area contributed by atoms with E-state index in [0.29, 0.717) is 17.1 Å². The molecule has 0 heterocycles. The first-order valence-electron chi connectivity index (χ1n) is 6.68. The molecule has 1 amide bonds. The van der Waals surface area contributed by atoms with Crippen LogP contribution in [0.25, 0.3) is 0 Å². The third kappa shape index (κ3) is 4.21. The molecule has 2 rings (SSSR count). The molecule has 0 radical (unpaired) electrons. The van der Waals surface area contributed by atoms with Crippen molar-refractivity contribution in [3.05, 3.63) is 70.7 Å². The van der Waals surface area contributed by atoms with Crippen LogP contribution >= 0.6 is 11.6 Å². The predicted octanol–water partition coefficient (Wildman–Crippen LogP) is 3.18. The van der Waals surface area contributed by atoms with Crippen LogP contribution in [0, 0.1) is 12.3 Å². The first-order valence-corrected chi connectivity index (χ1v) is 7.06. The van der Waals surface area contributed by atoms with Crippen LogP contribution in [-0.4, -0.2) is 23.1 Å². The summed E-state index contributed by atoms with van der Waals surface area (Å²) in [5.41, 5.74) is 1.40. The van der Waals surface area contributed by atoms with Gasteiger partial charge in [0, 0.05) is 17.1 Å². The topological polar surface area (TPSA) is 37.4 Å². The lowest BCUT2D eigenvalue weighted by atomic mass is 10.1. The summed E-state index contributed by atoms with van der Waals surface area (Å²) in [6.45, 7) is 0.225. The van der Waals surface area contributed by atoms with Gasteiger partial charge in [-0.15, -0.1) is 6.42 Å². The second-order valence-electron chi connectivity index (χ2n) is 4.72. The summed E-state index contributed by atoms with van der Waals surface area (Å²) >= 11 is 5.80. The summed E-state index contributed by atoms with van der Waals surface area (Å²) in [5, 5.41) is 0.553. The molecule has 0 spiro atoms. The molecule has 3 nitrogen and oxygen atoms in total. The van der Waals surface area contributed by atoms with Crippen LogP contribution in [0.15, 0.2) is 54.6 Å². The Morgan fingerprint density at radius 1 is 1.05 bits per heavy atom. The monoisotopic (exact) mass is 311 g/mol. The number of Topliss-reactive ketones (excluding diaryl/α,β-unsaturated/α-hetero) is 1. The first-order chi connectivity index (χ1) is 10.6. The molecule has 22 heavy (non-hydrogen) atoms. The SMILES string of the molecule is C#CC(=O)N(CC(=O)c1ccc(Cl)cc1)Cc1ccccc1. The van der Waals surface area contributed by atoms with E-state index in [2.05, 4.69) is 5.92 Å². The maximum atomic E-state index is 12.3. The minimum atomic E-state index is -0.508. The van der Waals surface area contributed by atoms with Crippen molar-refractivity contribution in [2.45, 2.75) is 6.54 Å². The van der Waals surface area contributed by atoms with Crippen molar-refractivity contribution in [1.29, 1.82) is 0 Å². The van der Waals surface area contributed by atoms with Gasteiger partial charge in [0.25, 0.3) is 5.91 Å². The molecule has 0 fully saturated rings. The molecule has 0 aliphatic carbocycles. The Hall–Kier alpha value is -2.57. The molecule has 0 unspecified atom stereocenters. The van der Waals surface area contributed by atoms with Gasteiger partial charge in [-0.1, -0.05) is 41.9 Å². The average Bonchev–Trinajstić information content (AvgIpc) is 2.55. The van der Waals surface area contributed by atoms with Crippen LogP contribution in [0.2, 0.25) is 5.02 Å². The number of halogens is 1. The van der Waals surface area contributed by atoms with Gasteiger partial charge in [-0.25, -0.2) is 0 Å². The molecule has 0 aliphatic rings. The fourth-order valence-corrected chi connectivity index (χ4v) is 2.12. The van der Waals surface area contributed by atoms with Crippen LogP contribution in [0.5, 0.6) is 0 Å². The molecule has 4 heteroatoms. The largest absolute Gasteiger partial charge is 0.320 e. The predicted molar refractivity (Wildman–Crippen MR) is 86.5 cm³/mol. The summed E-state index contributed by atoms with van der Waals surface area (Å²) in [5.74, 6) is 1.37. The number of carbonyl (C=O) groups is 2. The number of amides is 1.